The zero-order valence-electron chi connectivity index (χ0n) is 13.5. The average Bonchev–Trinajstić information content (AvgIpc) is 2.89. The van der Waals surface area contributed by atoms with Crippen molar-refractivity contribution in [3.05, 3.63) is 35.1 Å². The lowest BCUT2D eigenvalue weighted by molar-refractivity contribution is -0.134. The lowest BCUT2D eigenvalue weighted by Crippen LogP contribution is -2.41. The van der Waals surface area contributed by atoms with Gasteiger partial charge in [0.05, 0.1) is 25.9 Å². The molecule has 1 aromatic heterocycles. The second-order valence-corrected chi connectivity index (χ2v) is 6.29. The molecule has 1 aromatic carbocycles. The average molecular weight is 301 g/mol. The molecule has 118 valence electrons. The first kappa shape index (κ1) is 15.1. The van der Waals surface area contributed by atoms with E-state index in [4.69, 9.17) is 9.15 Å². The first-order valence-electron chi connectivity index (χ1n) is 7.92. The van der Waals surface area contributed by atoms with Crippen LogP contribution in [0.2, 0.25) is 0 Å². The van der Waals surface area contributed by atoms with Crippen molar-refractivity contribution in [3.8, 4) is 0 Å². The summed E-state index contributed by atoms with van der Waals surface area (Å²) in [5.41, 5.74) is 4.40. The fraction of sp³-hybridized carbons (Fsp3) is 0.500. The highest BCUT2D eigenvalue weighted by atomic mass is 16.5. The molecule has 0 radical (unpaired) electrons. The fourth-order valence-electron chi connectivity index (χ4n) is 3.09. The zero-order chi connectivity index (χ0) is 15.7. The van der Waals surface area contributed by atoms with Gasteiger partial charge in [0.1, 0.15) is 5.58 Å². The minimum absolute atomic E-state index is 0.151. The monoisotopic (exact) mass is 301 g/mol. The lowest BCUT2D eigenvalue weighted by Gasteiger charge is -2.26. The summed E-state index contributed by atoms with van der Waals surface area (Å²) in [6.45, 7) is 9.12. The molecular formula is C18H23NO3. The summed E-state index contributed by atoms with van der Waals surface area (Å²) in [5.74, 6) is 0.611. The van der Waals surface area contributed by atoms with Gasteiger partial charge in [-0.05, 0) is 36.1 Å². The van der Waals surface area contributed by atoms with E-state index in [0.29, 0.717) is 38.6 Å². The molecule has 2 aromatic rings. The van der Waals surface area contributed by atoms with Crippen LogP contribution in [-0.2, 0) is 16.0 Å². The molecule has 1 aliphatic heterocycles. The summed E-state index contributed by atoms with van der Waals surface area (Å²) >= 11 is 0. The van der Waals surface area contributed by atoms with Gasteiger partial charge in [-0.3, -0.25) is 4.79 Å². The maximum absolute atomic E-state index is 12.4. The smallest absolute Gasteiger partial charge is 0.227 e. The number of nitrogens with zero attached hydrogens (tertiary/aromatic N) is 1. The van der Waals surface area contributed by atoms with Crippen molar-refractivity contribution in [1.82, 2.24) is 4.90 Å². The number of benzene rings is 1. The van der Waals surface area contributed by atoms with Crippen LogP contribution in [0.25, 0.3) is 11.0 Å². The van der Waals surface area contributed by atoms with Crippen LogP contribution in [-0.4, -0.2) is 37.1 Å². The Morgan fingerprint density at radius 1 is 1.27 bits per heavy atom. The van der Waals surface area contributed by atoms with Crippen LogP contribution >= 0.6 is 0 Å². The highest BCUT2D eigenvalue weighted by Crippen LogP contribution is 2.29. The first-order chi connectivity index (χ1) is 10.6. The van der Waals surface area contributed by atoms with Crippen LogP contribution in [0.1, 0.15) is 36.5 Å². The molecule has 3 rings (SSSR count). The number of aryl methyl sites for hydroxylation is 1. The van der Waals surface area contributed by atoms with E-state index in [0.717, 1.165) is 16.5 Å². The van der Waals surface area contributed by atoms with Gasteiger partial charge in [-0.1, -0.05) is 13.8 Å². The zero-order valence-corrected chi connectivity index (χ0v) is 13.5. The molecule has 0 N–H and O–H groups in total. The molecule has 4 nitrogen and oxygen atoms in total. The van der Waals surface area contributed by atoms with Gasteiger partial charge < -0.3 is 14.1 Å². The van der Waals surface area contributed by atoms with Gasteiger partial charge >= 0.3 is 0 Å². The maximum Gasteiger partial charge on any atom is 0.227 e. The topological polar surface area (TPSA) is 42.7 Å². The van der Waals surface area contributed by atoms with Gasteiger partial charge in [0.25, 0.3) is 0 Å². The van der Waals surface area contributed by atoms with Gasteiger partial charge in [-0.25, -0.2) is 0 Å². The molecule has 2 heterocycles. The Labute approximate surface area is 131 Å². The predicted molar refractivity (Wildman–Crippen MR) is 86.1 cm³/mol. The van der Waals surface area contributed by atoms with Crippen molar-refractivity contribution < 1.29 is 13.9 Å². The largest absolute Gasteiger partial charge is 0.464 e. The number of hydrogen-bond acceptors (Lipinski definition) is 3. The van der Waals surface area contributed by atoms with Crippen LogP contribution in [0.5, 0.6) is 0 Å². The Hall–Kier alpha value is -1.81. The van der Waals surface area contributed by atoms with E-state index in [2.05, 4.69) is 32.9 Å². The van der Waals surface area contributed by atoms with Crippen molar-refractivity contribution in [2.75, 3.05) is 26.3 Å². The van der Waals surface area contributed by atoms with Crippen LogP contribution in [0.3, 0.4) is 0 Å². The van der Waals surface area contributed by atoms with Crippen molar-refractivity contribution in [3.63, 3.8) is 0 Å². The number of fused-ring (bicyclic) bond motifs is 1. The number of hydrogen-bond donors (Lipinski definition) is 0. The molecular weight excluding hydrogens is 278 g/mol. The summed E-state index contributed by atoms with van der Waals surface area (Å²) in [6.07, 6.45) is 2.13. The second kappa shape index (κ2) is 6.13. The molecule has 1 aliphatic rings. The molecule has 1 saturated heterocycles. The molecule has 0 aliphatic carbocycles. The quantitative estimate of drug-likeness (QED) is 0.874. The Kier molecular flexibility index (Phi) is 4.21. The maximum atomic E-state index is 12.4. The van der Waals surface area contributed by atoms with Gasteiger partial charge in [0.15, 0.2) is 0 Å². The normalized spacial score (nSPS) is 15.7. The molecule has 22 heavy (non-hydrogen) atoms. The van der Waals surface area contributed by atoms with E-state index < -0.39 is 0 Å². The highest BCUT2D eigenvalue weighted by molar-refractivity contribution is 5.88. The molecule has 1 amide bonds. The fourth-order valence-corrected chi connectivity index (χ4v) is 3.09. The molecule has 0 atom stereocenters. The van der Waals surface area contributed by atoms with Crippen molar-refractivity contribution >= 4 is 16.9 Å². The standard InChI is InChI=1S/C18H23NO3/c1-12(2)15-10-16-14(11-22-17(16)8-13(15)3)9-18(20)19-4-6-21-7-5-19/h8,10-12H,4-7,9H2,1-3H3. The summed E-state index contributed by atoms with van der Waals surface area (Å²) in [4.78, 5) is 14.3. The summed E-state index contributed by atoms with van der Waals surface area (Å²) in [6, 6.07) is 4.26. The van der Waals surface area contributed by atoms with E-state index >= 15 is 0 Å². The molecule has 4 heteroatoms. The number of furan rings is 1. The third-order valence-electron chi connectivity index (χ3n) is 4.37. The number of amides is 1. The van der Waals surface area contributed by atoms with Crippen molar-refractivity contribution in [2.24, 2.45) is 0 Å². The summed E-state index contributed by atoms with van der Waals surface area (Å²) in [7, 11) is 0. The molecule has 0 spiro atoms. The highest BCUT2D eigenvalue weighted by Gasteiger charge is 2.19. The lowest BCUT2D eigenvalue weighted by atomic mass is 9.95. The Bertz CT molecular complexity index is 681. The first-order valence-corrected chi connectivity index (χ1v) is 7.92. The number of rotatable bonds is 3. The van der Waals surface area contributed by atoms with Gasteiger partial charge in [-0.15, -0.1) is 0 Å². The third-order valence-corrected chi connectivity index (χ3v) is 4.37. The van der Waals surface area contributed by atoms with Gasteiger partial charge in [0, 0.05) is 24.0 Å². The summed E-state index contributed by atoms with van der Waals surface area (Å²) in [5, 5.41) is 1.07. The minimum atomic E-state index is 0.151. The summed E-state index contributed by atoms with van der Waals surface area (Å²) < 4.78 is 11.0. The van der Waals surface area contributed by atoms with Gasteiger partial charge in [0.2, 0.25) is 5.91 Å². The number of ether oxygens (including phenoxy) is 1. The Balaban J connectivity index is 1.87. The van der Waals surface area contributed by atoms with Crippen LogP contribution in [0, 0.1) is 6.92 Å². The number of carbonyl (C=O) groups excluding carboxylic acids is 1. The molecule has 0 bridgehead atoms. The molecule has 0 saturated carbocycles. The minimum Gasteiger partial charge on any atom is -0.464 e. The SMILES string of the molecule is Cc1cc2occ(CC(=O)N3CCOCC3)c2cc1C(C)C. The van der Waals surface area contributed by atoms with Gasteiger partial charge in [-0.2, -0.15) is 0 Å². The number of morpholine rings is 1. The molecule has 0 unspecified atom stereocenters. The van der Waals surface area contributed by atoms with E-state index in [1.165, 1.54) is 11.1 Å². The second-order valence-electron chi connectivity index (χ2n) is 6.29. The van der Waals surface area contributed by atoms with E-state index in [1.807, 2.05) is 4.90 Å². The van der Waals surface area contributed by atoms with Crippen LogP contribution < -0.4 is 0 Å². The van der Waals surface area contributed by atoms with E-state index in [1.54, 1.807) is 6.26 Å². The third kappa shape index (κ3) is 2.88. The van der Waals surface area contributed by atoms with Crippen molar-refractivity contribution in [1.29, 1.82) is 0 Å². The van der Waals surface area contributed by atoms with Crippen LogP contribution in [0.4, 0.5) is 0 Å². The van der Waals surface area contributed by atoms with E-state index in [9.17, 15) is 4.79 Å². The Morgan fingerprint density at radius 2 is 2.00 bits per heavy atom. The van der Waals surface area contributed by atoms with Crippen molar-refractivity contribution in [2.45, 2.75) is 33.1 Å². The van der Waals surface area contributed by atoms with E-state index in [-0.39, 0.29) is 5.91 Å². The molecule has 1 fully saturated rings. The van der Waals surface area contributed by atoms with Crippen LogP contribution in [0.15, 0.2) is 22.8 Å². The predicted octanol–water partition coefficient (Wildman–Crippen LogP) is 3.27. The number of carbonyl (C=O) groups is 1. The Morgan fingerprint density at radius 3 is 2.68 bits per heavy atom.